The lowest BCUT2D eigenvalue weighted by atomic mass is 10.1. The van der Waals surface area contributed by atoms with Crippen molar-refractivity contribution in [2.75, 3.05) is 39.3 Å². The lowest BCUT2D eigenvalue weighted by Gasteiger charge is -2.26. The number of rotatable bonds is 5. The van der Waals surface area contributed by atoms with Crippen LogP contribution in [0.2, 0.25) is 5.02 Å². The standard InChI is InChI=1S/C17H24ClN3O/c1-13-10-15-14(2-5-20-6-3-19-4-7-20)12-21(8-9-22)17(15)11-16(13)18/h10-12,19,22H,2-9H2,1H3. The highest BCUT2D eigenvalue weighted by molar-refractivity contribution is 6.32. The summed E-state index contributed by atoms with van der Waals surface area (Å²) in [4.78, 5) is 2.51. The number of nitrogens with zero attached hydrogens (tertiary/aromatic N) is 2. The van der Waals surface area contributed by atoms with E-state index in [9.17, 15) is 5.11 Å². The van der Waals surface area contributed by atoms with Gasteiger partial charge in [-0.25, -0.2) is 0 Å². The van der Waals surface area contributed by atoms with E-state index in [-0.39, 0.29) is 6.61 Å². The SMILES string of the molecule is Cc1cc2c(CCN3CCNCC3)cn(CCO)c2cc1Cl. The number of benzene rings is 1. The van der Waals surface area contributed by atoms with E-state index in [4.69, 9.17) is 11.6 Å². The zero-order valence-electron chi connectivity index (χ0n) is 13.1. The quantitative estimate of drug-likeness (QED) is 0.885. The van der Waals surface area contributed by atoms with Crippen LogP contribution in [0.4, 0.5) is 0 Å². The number of aliphatic hydroxyl groups is 1. The molecule has 1 saturated heterocycles. The molecule has 5 heteroatoms. The number of piperazine rings is 1. The molecule has 0 radical (unpaired) electrons. The zero-order valence-corrected chi connectivity index (χ0v) is 13.9. The molecule has 1 aromatic carbocycles. The van der Waals surface area contributed by atoms with Crippen LogP contribution >= 0.6 is 11.6 Å². The number of aromatic nitrogens is 1. The van der Waals surface area contributed by atoms with Crippen molar-refractivity contribution in [2.45, 2.75) is 19.9 Å². The summed E-state index contributed by atoms with van der Waals surface area (Å²) in [7, 11) is 0. The van der Waals surface area contributed by atoms with Crippen molar-refractivity contribution in [1.29, 1.82) is 0 Å². The Balaban J connectivity index is 1.85. The highest BCUT2D eigenvalue weighted by Crippen LogP contribution is 2.28. The molecular weight excluding hydrogens is 298 g/mol. The minimum absolute atomic E-state index is 0.145. The summed E-state index contributed by atoms with van der Waals surface area (Å²) in [5.41, 5.74) is 3.58. The fourth-order valence-corrected chi connectivity index (χ4v) is 3.36. The van der Waals surface area contributed by atoms with Gasteiger partial charge in [0.25, 0.3) is 0 Å². The summed E-state index contributed by atoms with van der Waals surface area (Å²) in [6, 6.07) is 4.20. The van der Waals surface area contributed by atoms with Gasteiger partial charge in [-0.1, -0.05) is 11.6 Å². The van der Waals surface area contributed by atoms with E-state index in [0.29, 0.717) is 6.54 Å². The number of aliphatic hydroxyl groups excluding tert-OH is 1. The third-order valence-corrected chi connectivity index (χ3v) is 4.90. The number of nitrogens with one attached hydrogen (secondary N) is 1. The Bertz CT molecular complexity index is 647. The van der Waals surface area contributed by atoms with E-state index < -0.39 is 0 Å². The maximum atomic E-state index is 9.28. The smallest absolute Gasteiger partial charge is 0.0610 e. The third kappa shape index (κ3) is 3.30. The monoisotopic (exact) mass is 321 g/mol. The van der Waals surface area contributed by atoms with Gasteiger partial charge in [-0.2, -0.15) is 0 Å². The van der Waals surface area contributed by atoms with Crippen LogP contribution in [0, 0.1) is 6.92 Å². The summed E-state index contributed by atoms with van der Waals surface area (Å²) in [5.74, 6) is 0. The molecule has 3 rings (SSSR count). The molecule has 0 aliphatic carbocycles. The van der Waals surface area contributed by atoms with Crippen LogP contribution in [0.1, 0.15) is 11.1 Å². The van der Waals surface area contributed by atoms with Crippen LogP contribution in [0.3, 0.4) is 0 Å². The molecule has 0 saturated carbocycles. The third-order valence-electron chi connectivity index (χ3n) is 4.49. The Kier molecular flexibility index (Phi) is 5.03. The predicted octanol–water partition coefficient (Wildman–Crippen LogP) is 2.04. The second-order valence-electron chi connectivity index (χ2n) is 6.03. The number of fused-ring (bicyclic) bond motifs is 1. The fraction of sp³-hybridized carbons (Fsp3) is 0.529. The van der Waals surface area contributed by atoms with Gasteiger partial charge in [-0.05, 0) is 36.6 Å². The van der Waals surface area contributed by atoms with Crippen molar-refractivity contribution >= 4 is 22.5 Å². The van der Waals surface area contributed by atoms with Crippen LogP contribution in [-0.2, 0) is 13.0 Å². The molecule has 0 atom stereocenters. The van der Waals surface area contributed by atoms with Crippen LogP contribution in [0.15, 0.2) is 18.3 Å². The lowest BCUT2D eigenvalue weighted by Crippen LogP contribution is -2.44. The molecule has 120 valence electrons. The minimum Gasteiger partial charge on any atom is -0.395 e. The first-order valence-electron chi connectivity index (χ1n) is 8.01. The Hall–Kier alpha value is -1.07. The van der Waals surface area contributed by atoms with Gasteiger partial charge in [0.15, 0.2) is 0 Å². The van der Waals surface area contributed by atoms with E-state index in [2.05, 4.69) is 27.0 Å². The normalized spacial score (nSPS) is 16.5. The Labute approximate surface area is 136 Å². The largest absolute Gasteiger partial charge is 0.395 e. The first-order valence-corrected chi connectivity index (χ1v) is 8.38. The summed E-state index contributed by atoms with van der Waals surface area (Å²) in [6.07, 6.45) is 3.22. The molecule has 1 aromatic heterocycles. The molecule has 0 spiro atoms. The molecule has 2 aromatic rings. The van der Waals surface area contributed by atoms with Crippen molar-refractivity contribution in [3.8, 4) is 0 Å². The predicted molar refractivity (Wildman–Crippen MR) is 91.8 cm³/mol. The number of hydrogen-bond donors (Lipinski definition) is 2. The minimum atomic E-state index is 0.145. The van der Waals surface area contributed by atoms with Gasteiger partial charge < -0.3 is 19.9 Å². The van der Waals surface area contributed by atoms with Gasteiger partial charge in [0, 0.05) is 61.4 Å². The molecule has 0 bridgehead atoms. The van der Waals surface area contributed by atoms with Gasteiger partial charge in [-0.3, -0.25) is 0 Å². The zero-order chi connectivity index (χ0) is 15.5. The Morgan fingerprint density at radius 2 is 2.00 bits per heavy atom. The molecule has 4 nitrogen and oxygen atoms in total. The van der Waals surface area contributed by atoms with Gasteiger partial charge in [-0.15, -0.1) is 0 Å². The van der Waals surface area contributed by atoms with E-state index in [1.807, 2.05) is 13.0 Å². The molecule has 0 amide bonds. The van der Waals surface area contributed by atoms with Gasteiger partial charge in [0.1, 0.15) is 0 Å². The lowest BCUT2D eigenvalue weighted by molar-refractivity contribution is 0.244. The van der Waals surface area contributed by atoms with Crippen LogP contribution in [0.25, 0.3) is 10.9 Å². The highest BCUT2D eigenvalue weighted by Gasteiger charge is 2.13. The van der Waals surface area contributed by atoms with E-state index in [1.165, 1.54) is 10.9 Å². The molecule has 1 aliphatic heterocycles. The first kappa shape index (κ1) is 15.8. The van der Waals surface area contributed by atoms with Crippen LogP contribution < -0.4 is 5.32 Å². The molecule has 0 unspecified atom stereocenters. The van der Waals surface area contributed by atoms with Crippen LogP contribution in [0.5, 0.6) is 0 Å². The second kappa shape index (κ2) is 7.01. The molecule has 1 fully saturated rings. The first-order chi connectivity index (χ1) is 10.7. The highest BCUT2D eigenvalue weighted by atomic mass is 35.5. The Morgan fingerprint density at radius 3 is 2.73 bits per heavy atom. The summed E-state index contributed by atoms with van der Waals surface area (Å²) in [6.45, 7) is 8.31. The van der Waals surface area contributed by atoms with Crippen LogP contribution in [-0.4, -0.2) is 53.9 Å². The molecule has 1 aliphatic rings. The number of aryl methyl sites for hydroxylation is 1. The summed E-state index contributed by atoms with van der Waals surface area (Å²) >= 11 is 6.28. The fourth-order valence-electron chi connectivity index (χ4n) is 3.20. The molecular formula is C17H24ClN3O. The maximum absolute atomic E-state index is 9.28. The van der Waals surface area contributed by atoms with Crippen molar-refractivity contribution in [1.82, 2.24) is 14.8 Å². The van der Waals surface area contributed by atoms with E-state index in [1.54, 1.807) is 0 Å². The molecule has 2 N–H and O–H groups in total. The summed E-state index contributed by atoms with van der Waals surface area (Å²) < 4.78 is 2.12. The molecule has 2 heterocycles. The van der Waals surface area contributed by atoms with Crippen molar-refractivity contribution in [2.24, 2.45) is 0 Å². The van der Waals surface area contributed by atoms with Crippen molar-refractivity contribution < 1.29 is 5.11 Å². The maximum Gasteiger partial charge on any atom is 0.0610 e. The Morgan fingerprint density at radius 1 is 1.23 bits per heavy atom. The topological polar surface area (TPSA) is 40.4 Å². The molecule has 22 heavy (non-hydrogen) atoms. The number of halogens is 1. The average molecular weight is 322 g/mol. The van der Waals surface area contributed by atoms with E-state index >= 15 is 0 Å². The number of hydrogen-bond acceptors (Lipinski definition) is 3. The van der Waals surface area contributed by atoms with E-state index in [0.717, 1.165) is 55.2 Å². The van der Waals surface area contributed by atoms with Gasteiger partial charge >= 0.3 is 0 Å². The average Bonchev–Trinajstić information content (AvgIpc) is 2.85. The van der Waals surface area contributed by atoms with Gasteiger partial charge in [0.05, 0.1) is 6.61 Å². The summed E-state index contributed by atoms with van der Waals surface area (Å²) in [5, 5.41) is 14.7. The van der Waals surface area contributed by atoms with Crippen molar-refractivity contribution in [3.05, 3.63) is 34.5 Å². The van der Waals surface area contributed by atoms with Crippen molar-refractivity contribution in [3.63, 3.8) is 0 Å². The second-order valence-corrected chi connectivity index (χ2v) is 6.44. The van der Waals surface area contributed by atoms with Gasteiger partial charge in [0.2, 0.25) is 0 Å².